The summed E-state index contributed by atoms with van der Waals surface area (Å²) in [5.41, 5.74) is 5.20. The predicted octanol–water partition coefficient (Wildman–Crippen LogP) is 6.19. The van der Waals surface area contributed by atoms with Gasteiger partial charge in [0.2, 0.25) is 5.91 Å². The second kappa shape index (κ2) is 16.2. The Morgan fingerprint density at radius 2 is 1.45 bits per heavy atom. The molecule has 0 aliphatic carbocycles. The van der Waals surface area contributed by atoms with Crippen molar-refractivity contribution in [3.05, 3.63) is 95.6 Å². The van der Waals surface area contributed by atoms with Crippen LogP contribution in [0.15, 0.2) is 78.9 Å². The maximum atomic E-state index is 12.0. The van der Waals surface area contributed by atoms with Gasteiger partial charge in [-0.15, -0.1) is 0 Å². The van der Waals surface area contributed by atoms with E-state index in [0.717, 1.165) is 34.4 Å². The van der Waals surface area contributed by atoms with E-state index in [1.807, 2.05) is 75.4 Å². The van der Waals surface area contributed by atoms with Gasteiger partial charge in [-0.2, -0.15) is 0 Å². The van der Waals surface area contributed by atoms with Crippen LogP contribution in [0, 0.1) is 0 Å². The Bertz CT molecular complexity index is 1300. The Kier molecular flexibility index (Phi) is 12.4. The van der Waals surface area contributed by atoms with Crippen molar-refractivity contribution in [2.75, 3.05) is 33.0 Å². The van der Waals surface area contributed by atoms with Crippen molar-refractivity contribution in [3.63, 3.8) is 0 Å². The molecule has 8 heteroatoms. The van der Waals surface area contributed by atoms with Gasteiger partial charge in [-0.25, -0.2) is 4.79 Å². The molecule has 0 radical (unpaired) electrons. The number of amides is 2. The number of hydrogen-bond donors (Lipinski definition) is 3. The Balaban J connectivity index is 1.46. The van der Waals surface area contributed by atoms with Crippen LogP contribution in [0.25, 0.3) is 11.1 Å². The molecule has 0 atom stereocenters. The first-order valence-corrected chi connectivity index (χ1v) is 14.3. The number of hydrogen-bond acceptors (Lipinski definition) is 6. The van der Waals surface area contributed by atoms with Crippen LogP contribution in [0.4, 0.5) is 4.79 Å². The summed E-state index contributed by atoms with van der Waals surface area (Å²) in [4.78, 5) is 23.5. The lowest BCUT2D eigenvalue weighted by Crippen LogP contribution is -2.41. The first kappa shape index (κ1) is 32.2. The van der Waals surface area contributed by atoms with Crippen molar-refractivity contribution in [2.45, 2.75) is 46.1 Å². The van der Waals surface area contributed by atoms with Crippen LogP contribution >= 0.6 is 0 Å². The second-order valence-electron chi connectivity index (χ2n) is 10.8. The highest BCUT2D eigenvalue weighted by Crippen LogP contribution is 2.35. The van der Waals surface area contributed by atoms with Crippen molar-refractivity contribution in [2.24, 2.45) is 0 Å². The van der Waals surface area contributed by atoms with Crippen LogP contribution in [0.1, 0.15) is 57.2 Å². The van der Waals surface area contributed by atoms with Crippen molar-refractivity contribution in [3.8, 4) is 11.5 Å². The smallest absolute Gasteiger partial charge is 0.407 e. The molecule has 0 spiro atoms. The van der Waals surface area contributed by atoms with Gasteiger partial charge in [-0.05, 0) is 85.7 Å². The molecule has 0 heterocycles. The fraction of sp³-hybridized carbons (Fsp3) is 0.353. The molecular weight excluding hydrogens is 532 g/mol. The molecule has 8 nitrogen and oxygen atoms in total. The Morgan fingerprint density at radius 3 is 2.07 bits per heavy atom. The van der Waals surface area contributed by atoms with E-state index >= 15 is 0 Å². The third-order valence-corrected chi connectivity index (χ3v) is 6.16. The van der Waals surface area contributed by atoms with Gasteiger partial charge in [0, 0.05) is 12.1 Å². The van der Waals surface area contributed by atoms with E-state index in [1.54, 1.807) is 12.1 Å². The number of phenols is 1. The maximum Gasteiger partial charge on any atom is 0.407 e. The Hall–Kier alpha value is -4.30. The highest BCUT2D eigenvalue weighted by atomic mass is 16.6. The van der Waals surface area contributed by atoms with Gasteiger partial charge in [0.1, 0.15) is 24.7 Å². The molecule has 3 aromatic rings. The van der Waals surface area contributed by atoms with Crippen molar-refractivity contribution >= 4 is 23.1 Å². The van der Waals surface area contributed by atoms with E-state index in [2.05, 4.69) is 29.7 Å². The molecule has 0 aliphatic heterocycles. The van der Waals surface area contributed by atoms with Gasteiger partial charge in [-0.3, -0.25) is 4.79 Å². The number of aromatic hydroxyl groups is 1. The van der Waals surface area contributed by atoms with E-state index in [9.17, 15) is 14.7 Å². The van der Waals surface area contributed by atoms with Crippen molar-refractivity contribution in [1.82, 2.24) is 10.6 Å². The molecule has 0 aliphatic rings. The minimum atomic E-state index is -0.516. The fourth-order valence-corrected chi connectivity index (χ4v) is 4.27. The van der Waals surface area contributed by atoms with Gasteiger partial charge in [0.05, 0.1) is 13.2 Å². The van der Waals surface area contributed by atoms with Gasteiger partial charge >= 0.3 is 6.09 Å². The zero-order valence-corrected chi connectivity index (χ0v) is 24.9. The summed E-state index contributed by atoms with van der Waals surface area (Å²) in [7, 11) is 0. The lowest BCUT2D eigenvalue weighted by molar-refractivity contribution is -0.126. The van der Waals surface area contributed by atoms with E-state index in [4.69, 9.17) is 14.2 Å². The largest absolute Gasteiger partial charge is 0.508 e. The molecule has 0 aromatic heterocycles. The number of alkyl carbamates (subject to hydrolysis) is 1. The van der Waals surface area contributed by atoms with Crippen molar-refractivity contribution < 1.29 is 28.9 Å². The molecule has 0 saturated carbocycles. The average Bonchev–Trinajstić information content (AvgIpc) is 2.96. The number of rotatable bonds is 14. The van der Waals surface area contributed by atoms with Crippen LogP contribution < -0.4 is 15.4 Å². The highest BCUT2D eigenvalue weighted by Gasteiger charge is 2.15. The molecule has 0 bridgehead atoms. The first-order chi connectivity index (χ1) is 20.2. The average molecular weight is 575 g/mol. The van der Waals surface area contributed by atoms with E-state index in [-0.39, 0.29) is 37.0 Å². The molecule has 0 fully saturated rings. The fourth-order valence-electron chi connectivity index (χ4n) is 4.27. The Morgan fingerprint density at radius 1 is 0.810 bits per heavy atom. The van der Waals surface area contributed by atoms with Crippen LogP contribution in [-0.2, 0) is 14.3 Å². The van der Waals surface area contributed by atoms with E-state index in [0.29, 0.717) is 19.6 Å². The zero-order valence-electron chi connectivity index (χ0n) is 24.9. The number of phenolic OH excluding ortho intramolecular Hbond substituents is 1. The molecule has 3 rings (SSSR count). The summed E-state index contributed by atoms with van der Waals surface area (Å²) < 4.78 is 16.2. The van der Waals surface area contributed by atoms with Crippen LogP contribution in [0.2, 0.25) is 0 Å². The van der Waals surface area contributed by atoms with Crippen LogP contribution in [0.5, 0.6) is 11.5 Å². The molecule has 2 amide bonds. The van der Waals surface area contributed by atoms with Crippen LogP contribution in [0.3, 0.4) is 0 Å². The molecular formula is C34H42N2O6. The molecule has 0 saturated heterocycles. The standard InChI is InChI=1S/C34H42N2O6/c1-5-30(25-10-7-6-8-11-25)32(26-12-16-28(37)17-13-26)27-14-18-29(19-15-27)41-21-9-20-35-31(38)24-40-22-23-42-33(39)36-34(2,3)4/h6-8,10-19,37H,5,9,20-24H2,1-4H3,(H,35,38)(H,36,39)/b32-30-. The topological polar surface area (TPSA) is 106 Å². The number of nitrogens with one attached hydrogen (secondary N) is 2. The lowest BCUT2D eigenvalue weighted by atomic mass is 9.88. The van der Waals surface area contributed by atoms with Crippen molar-refractivity contribution in [1.29, 1.82) is 0 Å². The minimum Gasteiger partial charge on any atom is -0.508 e. The lowest BCUT2D eigenvalue weighted by Gasteiger charge is -2.19. The predicted molar refractivity (Wildman–Crippen MR) is 165 cm³/mol. The molecule has 3 N–H and O–H groups in total. The SMILES string of the molecule is CC/C(=C(\c1ccc(O)cc1)c1ccc(OCCCNC(=O)COCCOC(=O)NC(C)(C)C)cc1)c1ccccc1. The second-order valence-corrected chi connectivity index (χ2v) is 10.8. The van der Waals surface area contributed by atoms with Crippen LogP contribution in [-0.4, -0.2) is 55.6 Å². The summed E-state index contributed by atoms with van der Waals surface area (Å²) in [6.07, 6.45) is 0.964. The molecule has 3 aromatic carbocycles. The van der Waals surface area contributed by atoms with Gasteiger partial charge in [0.15, 0.2) is 0 Å². The third kappa shape index (κ3) is 10.9. The zero-order chi connectivity index (χ0) is 30.4. The van der Waals surface area contributed by atoms with Gasteiger partial charge in [-0.1, -0.05) is 61.5 Å². The minimum absolute atomic E-state index is 0.0695. The number of ether oxygens (including phenoxy) is 3. The summed E-state index contributed by atoms with van der Waals surface area (Å²) in [6.45, 7) is 8.73. The maximum absolute atomic E-state index is 12.0. The molecule has 42 heavy (non-hydrogen) atoms. The van der Waals surface area contributed by atoms with Gasteiger partial charge < -0.3 is 30.0 Å². The van der Waals surface area contributed by atoms with Gasteiger partial charge in [0.25, 0.3) is 0 Å². The molecule has 224 valence electrons. The first-order valence-electron chi connectivity index (χ1n) is 14.3. The monoisotopic (exact) mass is 574 g/mol. The summed E-state index contributed by atoms with van der Waals surface area (Å²) in [5, 5.41) is 15.3. The Labute approximate surface area is 248 Å². The normalized spacial score (nSPS) is 11.8. The quantitative estimate of drug-likeness (QED) is 0.157. The summed E-state index contributed by atoms with van der Waals surface area (Å²) in [6, 6.07) is 25.6. The number of carbonyl (C=O) groups excluding carboxylic acids is 2. The van der Waals surface area contributed by atoms with E-state index < -0.39 is 6.09 Å². The number of carbonyl (C=O) groups is 2. The van der Waals surface area contributed by atoms with E-state index in [1.165, 1.54) is 5.57 Å². The number of allylic oxidation sites excluding steroid dienone is 1. The molecule has 0 unspecified atom stereocenters. The summed E-state index contributed by atoms with van der Waals surface area (Å²) in [5.74, 6) is 0.736. The third-order valence-electron chi connectivity index (χ3n) is 6.16. The number of benzene rings is 3. The highest BCUT2D eigenvalue weighted by molar-refractivity contribution is 5.98. The summed E-state index contributed by atoms with van der Waals surface area (Å²) >= 11 is 0.